The van der Waals surface area contributed by atoms with Crippen LogP contribution in [0.4, 0.5) is 4.79 Å². The summed E-state index contributed by atoms with van der Waals surface area (Å²) in [6.45, 7) is 6.32. The van der Waals surface area contributed by atoms with Crippen LogP contribution in [0.2, 0.25) is 0 Å². The van der Waals surface area contributed by atoms with Crippen LogP contribution in [0.3, 0.4) is 0 Å². The summed E-state index contributed by atoms with van der Waals surface area (Å²) < 4.78 is 0. The summed E-state index contributed by atoms with van der Waals surface area (Å²) in [6.07, 6.45) is 6.63. The Kier molecular flexibility index (Phi) is 6.99. The normalized spacial score (nSPS) is 19.0. The maximum Gasteiger partial charge on any atom is 0.315 e. The Morgan fingerprint density at radius 3 is 2.24 bits per heavy atom. The molecule has 1 saturated carbocycles. The van der Waals surface area contributed by atoms with Gasteiger partial charge in [0.05, 0.1) is 12.0 Å². The van der Waals surface area contributed by atoms with Crippen molar-refractivity contribution in [2.75, 3.05) is 0 Å². The van der Waals surface area contributed by atoms with Gasteiger partial charge >= 0.3 is 12.0 Å². The van der Waals surface area contributed by atoms with Gasteiger partial charge in [-0.15, -0.1) is 0 Å². The molecule has 0 aliphatic heterocycles. The molecule has 1 fully saturated rings. The smallest absolute Gasteiger partial charge is 0.315 e. The Morgan fingerprint density at radius 2 is 1.71 bits per heavy atom. The summed E-state index contributed by atoms with van der Waals surface area (Å²) in [5, 5.41) is 15.0. The van der Waals surface area contributed by atoms with Crippen molar-refractivity contribution in [1.82, 2.24) is 10.6 Å². The Bertz CT molecular complexity index is 349. The Balaban J connectivity index is 2.50. The molecule has 122 valence electrons. The summed E-state index contributed by atoms with van der Waals surface area (Å²) >= 11 is 0. The van der Waals surface area contributed by atoms with E-state index in [0.717, 1.165) is 44.9 Å². The number of rotatable bonds is 7. The first-order chi connectivity index (χ1) is 9.83. The van der Waals surface area contributed by atoms with Gasteiger partial charge in [0.15, 0.2) is 0 Å². The van der Waals surface area contributed by atoms with Gasteiger partial charge in [-0.05, 0) is 38.5 Å². The summed E-state index contributed by atoms with van der Waals surface area (Å²) in [5.74, 6) is -0.223. The standard InChI is InChI=1S/C16H30N2O3/c1-12(2)7-8-13(3)17-15(21)18-16(11-14(19)20)9-5-4-6-10-16/h12-13H,4-11H2,1-3H3,(H,19,20)(H2,17,18,21). The highest BCUT2D eigenvalue weighted by Gasteiger charge is 2.35. The number of amides is 2. The van der Waals surface area contributed by atoms with Crippen LogP contribution >= 0.6 is 0 Å². The number of carboxylic acid groups (broad SMARTS) is 1. The molecule has 5 heteroatoms. The van der Waals surface area contributed by atoms with E-state index in [0.29, 0.717) is 5.92 Å². The molecule has 1 rings (SSSR count). The SMILES string of the molecule is CC(C)CCC(C)NC(=O)NC1(CC(=O)O)CCCCC1. The van der Waals surface area contributed by atoms with Crippen LogP contribution in [0.15, 0.2) is 0 Å². The minimum atomic E-state index is -0.843. The van der Waals surface area contributed by atoms with Crippen LogP contribution < -0.4 is 10.6 Å². The van der Waals surface area contributed by atoms with Crippen molar-refractivity contribution in [2.24, 2.45) is 5.92 Å². The number of carboxylic acids is 1. The van der Waals surface area contributed by atoms with Crippen LogP contribution in [-0.2, 0) is 4.79 Å². The van der Waals surface area contributed by atoms with Crippen molar-refractivity contribution in [1.29, 1.82) is 0 Å². The zero-order valence-corrected chi connectivity index (χ0v) is 13.6. The quantitative estimate of drug-likeness (QED) is 0.675. The molecule has 5 nitrogen and oxygen atoms in total. The van der Waals surface area contributed by atoms with Crippen molar-refractivity contribution in [3.63, 3.8) is 0 Å². The first kappa shape index (κ1) is 17.8. The highest BCUT2D eigenvalue weighted by molar-refractivity contribution is 5.77. The molecule has 0 aromatic carbocycles. The van der Waals surface area contributed by atoms with E-state index >= 15 is 0 Å². The molecule has 1 aliphatic rings. The van der Waals surface area contributed by atoms with Crippen molar-refractivity contribution >= 4 is 12.0 Å². The van der Waals surface area contributed by atoms with Crippen LogP contribution in [-0.4, -0.2) is 28.7 Å². The molecule has 0 spiro atoms. The maximum atomic E-state index is 12.1. The van der Waals surface area contributed by atoms with E-state index in [1.165, 1.54) is 0 Å². The fourth-order valence-corrected chi connectivity index (χ4v) is 3.02. The lowest BCUT2D eigenvalue weighted by atomic mass is 9.79. The average molecular weight is 298 g/mol. The second kappa shape index (κ2) is 8.25. The van der Waals surface area contributed by atoms with Gasteiger partial charge in [-0.2, -0.15) is 0 Å². The number of hydrogen-bond donors (Lipinski definition) is 3. The van der Waals surface area contributed by atoms with Gasteiger partial charge in [0.1, 0.15) is 0 Å². The van der Waals surface area contributed by atoms with Crippen molar-refractivity contribution in [3.8, 4) is 0 Å². The molecule has 0 bridgehead atoms. The third-order valence-corrected chi connectivity index (χ3v) is 4.23. The zero-order valence-electron chi connectivity index (χ0n) is 13.6. The minimum absolute atomic E-state index is 0.0147. The molecule has 1 atom stereocenters. The molecule has 21 heavy (non-hydrogen) atoms. The van der Waals surface area contributed by atoms with Crippen LogP contribution in [0.1, 0.15) is 72.1 Å². The molecule has 0 aromatic rings. The van der Waals surface area contributed by atoms with Crippen molar-refractivity contribution in [2.45, 2.75) is 83.7 Å². The fourth-order valence-electron chi connectivity index (χ4n) is 3.02. The Hall–Kier alpha value is -1.26. The number of nitrogens with one attached hydrogen (secondary N) is 2. The van der Waals surface area contributed by atoms with E-state index in [2.05, 4.69) is 24.5 Å². The van der Waals surface area contributed by atoms with E-state index in [-0.39, 0.29) is 18.5 Å². The molecule has 1 unspecified atom stereocenters. The highest BCUT2D eigenvalue weighted by Crippen LogP contribution is 2.31. The molecular formula is C16H30N2O3. The van der Waals surface area contributed by atoms with E-state index in [1.54, 1.807) is 0 Å². The number of aliphatic carboxylic acids is 1. The maximum absolute atomic E-state index is 12.1. The van der Waals surface area contributed by atoms with Gasteiger partial charge < -0.3 is 15.7 Å². The Morgan fingerprint density at radius 1 is 1.10 bits per heavy atom. The lowest BCUT2D eigenvalue weighted by Gasteiger charge is -2.37. The molecule has 1 aliphatic carbocycles. The number of carbonyl (C=O) groups excluding carboxylic acids is 1. The van der Waals surface area contributed by atoms with E-state index in [4.69, 9.17) is 5.11 Å². The zero-order chi connectivity index (χ0) is 15.9. The summed E-state index contributed by atoms with van der Waals surface area (Å²) in [7, 11) is 0. The third-order valence-electron chi connectivity index (χ3n) is 4.23. The minimum Gasteiger partial charge on any atom is -0.481 e. The molecule has 0 saturated heterocycles. The lowest BCUT2D eigenvalue weighted by molar-refractivity contribution is -0.139. The van der Waals surface area contributed by atoms with Gasteiger partial charge in [0.2, 0.25) is 0 Å². The molecule has 2 amide bonds. The van der Waals surface area contributed by atoms with Crippen LogP contribution in [0, 0.1) is 5.92 Å². The first-order valence-corrected chi connectivity index (χ1v) is 8.13. The van der Waals surface area contributed by atoms with Crippen molar-refractivity contribution < 1.29 is 14.7 Å². The first-order valence-electron chi connectivity index (χ1n) is 8.13. The van der Waals surface area contributed by atoms with Gasteiger partial charge in [-0.25, -0.2) is 4.79 Å². The summed E-state index contributed by atoms with van der Waals surface area (Å²) in [6, 6.07) is -0.118. The predicted molar refractivity (Wildman–Crippen MR) is 83.3 cm³/mol. The van der Waals surface area contributed by atoms with Gasteiger partial charge in [-0.3, -0.25) is 4.79 Å². The number of carbonyl (C=O) groups is 2. The van der Waals surface area contributed by atoms with Crippen molar-refractivity contribution in [3.05, 3.63) is 0 Å². The molecule has 0 aromatic heterocycles. The van der Waals surface area contributed by atoms with Crippen LogP contribution in [0.25, 0.3) is 0 Å². The molecule has 3 N–H and O–H groups in total. The second-order valence-corrected chi connectivity index (χ2v) is 6.88. The number of hydrogen-bond acceptors (Lipinski definition) is 2. The third kappa shape index (κ3) is 6.82. The largest absolute Gasteiger partial charge is 0.481 e. The lowest BCUT2D eigenvalue weighted by Crippen LogP contribution is -2.55. The highest BCUT2D eigenvalue weighted by atomic mass is 16.4. The molecule has 0 heterocycles. The second-order valence-electron chi connectivity index (χ2n) is 6.88. The van der Waals surface area contributed by atoms with E-state index in [1.807, 2.05) is 6.92 Å². The monoisotopic (exact) mass is 298 g/mol. The predicted octanol–water partition coefficient (Wildman–Crippen LogP) is 3.29. The van der Waals surface area contributed by atoms with Gasteiger partial charge in [0, 0.05) is 6.04 Å². The van der Waals surface area contributed by atoms with Crippen LogP contribution in [0.5, 0.6) is 0 Å². The van der Waals surface area contributed by atoms with Gasteiger partial charge in [-0.1, -0.05) is 33.1 Å². The van der Waals surface area contributed by atoms with E-state index in [9.17, 15) is 9.59 Å². The Labute approximate surface area is 127 Å². The number of urea groups is 1. The average Bonchev–Trinajstić information content (AvgIpc) is 2.35. The molecule has 0 radical (unpaired) electrons. The topological polar surface area (TPSA) is 78.4 Å². The van der Waals surface area contributed by atoms with E-state index < -0.39 is 11.5 Å². The summed E-state index contributed by atoms with van der Waals surface area (Å²) in [5.41, 5.74) is -0.564. The summed E-state index contributed by atoms with van der Waals surface area (Å²) in [4.78, 5) is 23.2. The molecular weight excluding hydrogens is 268 g/mol. The van der Waals surface area contributed by atoms with Gasteiger partial charge in [0.25, 0.3) is 0 Å². The fraction of sp³-hybridized carbons (Fsp3) is 0.875.